The Balaban J connectivity index is 1.39. The Hall–Kier alpha value is -2.94. The van der Waals surface area contributed by atoms with E-state index in [4.69, 9.17) is 32.2 Å². The first-order chi connectivity index (χ1) is 14.1. The molecule has 0 aliphatic carbocycles. The maximum atomic E-state index is 13.0. The molecule has 2 aromatic carbocycles. The average Bonchev–Trinajstić information content (AvgIpc) is 2.77. The number of ether oxygens (including phenoxy) is 3. The van der Waals surface area contributed by atoms with E-state index in [-0.39, 0.29) is 18.6 Å². The Morgan fingerprint density at radius 3 is 3.07 bits per heavy atom. The normalized spacial score (nSPS) is 18.1. The Labute approximate surface area is 174 Å². The molecule has 29 heavy (non-hydrogen) atoms. The van der Waals surface area contributed by atoms with Crippen molar-refractivity contribution in [1.29, 1.82) is 0 Å². The smallest absolute Gasteiger partial charge is 0.253 e. The summed E-state index contributed by atoms with van der Waals surface area (Å²) in [5.41, 5.74) is 2.17. The van der Waals surface area contributed by atoms with Gasteiger partial charge in [0.25, 0.3) is 5.91 Å². The molecule has 0 saturated carbocycles. The molecule has 2 aliphatic heterocycles. The number of nitrogens with zero attached hydrogens (tertiary/aromatic N) is 1. The van der Waals surface area contributed by atoms with Crippen molar-refractivity contribution in [3.8, 4) is 23.8 Å². The van der Waals surface area contributed by atoms with Crippen molar-refractivity contribution < 1.29 is 19.0 Å². The lowest BCUT2D eigenvalue weighted by atomic mass is 10.1. The van der Waals surface area contributed by atoms with Gasteiger partial charge >= 0.3 is 0 Å². The van der Waals surface area contributed by atoms with E-state index in [1.165, 1.54) is 0 Å². The molecule has 2 heterocycles. The SMILES string of the molecule is C#Cc1cccc(OCC2CN(C(=O)C3=Cc4cc(Cl)ccc4OC3)CCO2)c1. The molecule has 2 aromatic rings. The second-order valence-corrected chi connectivity index (χ2v) is 7.30. The zero-order valence-corrected chi connectivity index (χ0v) is 16.5. The first kappa shape index (κ1) is 19.4. The molecule has 1 unspecified atom stereocenters. The van der Waals surface area contributed by atoms with E-state index < -0.39 is 0 Å². The first-order valence-electron chi connectivity index (χ1n) is 9.35. The zero-order chi connectivity index (χ0) is 20.2. The second-order valence-electron chi connectivity index (χ2n) is 6.87. The molecule has 1 saturated heterocycles. The fourth-order valence-electron chi connectivity index (χ4n) is 3.34. The molecule has 1 fully saturated rings. The number of benzene rings is 2. The highest BCUT2D eigenvalue weighted by Crippen LogP contribution is 2.29. The third-order valence-corrected chi connectivity index (χ3v) is 5.06. The summed E-state index contributed by atoms with van der Waals surface area (Å²) in [6.07, 6.45) is 7.05. The zero-order valence-electron chi connectivity index (χ0n) is 15.8. The van der Waals surface area contributed by atoms with Gasteiger partial charge in [0.2, 0.25) is 0 Å². The van der Waals surface area contributed by atoms with Gasteiger partial charge in [0.05, 0.1) is 18.7 Å². The van der Waals surface area contributed by atoms with Crippen molar-refractivity contribution in [2.24, 2.45) is 0 Å². The summed E-state index contributed by atoms with van der Waals surface area (Å²) in [6.45, 7) is 2.02. The van der Waals surface area contributed by atoms with Crippen molar-refractivity contribution in [1.82, 2.24) is 4.90 Å². The number of carbonyl (C=O) groups excluding carboxylic acids is 1. The second kappa shape index (κ2) is 8.60. The number of amides is 1. The quantitative estimate of drug-likeness (QED) is 0.726. The third kappa shape index (κ3) is 4.56. The molecule has 0 bridgehead atoms. The first-order valence-corrected chi connectivity index (χ1v) is 9.73. The van der Waals surface area contributed by atoms with Crippen LogP contribution in [0, 0.1) is 12.3 Å². The third-order valence-electron chi connectivity index (χ3n) is 4.82. The highest BCUT2D eigenvalue weighted by atomic mass is 35.5. The van der Waals surface area contributed by atoms with Crippen LogP contribution in [0.5, 0.6) is 11.5 Å². The van der Waals surface area contributed by atoms with E-state index in [0.29, 0.717) is 42.6 Å². The van der Waals surface area contributed by atoms with Crippen LogP contribution in [0.3, 0.4) is 0 Å². The molecule has 1 amide bonds. The lowest BCUT2D eigenvalue weighted by molar-refractivity contribution is -0.136. The Bertz CT molecular complexity index is 995. The standard InChI is InChI=1S/C23H20ClNO4/c1-2-16-4-3-5-20(10-16)28-15-21-13-25(8-9-27-21)23(26)18-11-17-12-19(24)6-7-22(17)29-14-18/h1,3-7,10-12,21H,8-9,13-15H2. The molecule has 1 atom stereocenters. The molecule has 148 valence electrons. The molecule has 4 rings (SSSR count). The number of hydrogen-bond donors (Lipinski definition) is 0. The number of carbonyl (C=O) groups is 1. The summed E-state index contributed by atoms with van der Waals surface area (Å²) in [6, 6.07) is 12.7. The number of hydrogen-bond acceptors (Lipinski definition) is 4. The van der Waals surface area contributed by atoms with Gasteiger partial charge in [-0.3, -0.25) is 4.79 Å². The monoisotopic (exact) mass is 409 g/mol. The highest BCUT2D eigenvalue weighted by molar-refractivity contribution is 6.30. The van der Waals surface area contributed by atoms with Gasteiger partial charge in [0.15, 0.2) is 0 Å². The Morgan fingerprint density at radius 2 is 2.21 bits per heavy atom. The minimum absolute atomic E-state index is 0.0572. The fraction of sp³-hybridized carbons (Fsp3) is 0.261. The van der Waals surface area contributed by atoms with Crippen LogP contribution in [0.25, 0.3) is 6.08 Å². The lowest BCUT2D eigenvalue weighted by Crippen LogP contribution is -2.48. The van der Waals surface area contributed by atoms with E-state index in [0.717, 1.165) is 16.9 Å². The van der Waals surface area contributed by atoms with Crippen molar-refractivity contribution in [3.05, 3.63) is 64.2 Å². The van der Waals surface area contributed by atoms with Crippen molar-refractivity contribution in [2.75, 3.05) is 32.9 Å². The number of fused-ring (bicyclic) bond motifs is 1. The predicted octanol–water partition coefficient (Wildman–Crippen LogP) is 3.40. The average molecular weight is 410 g/mol. The van der Waals surface area contributed by atoms with Crippen LogP contribution in [0.4, 0.5) is 0 Å². The van der Waals surface area contributed by atoms with E-state index in [9.17, 15) is 4.79 Å². The molecular weight excluding hydrogens is 390 g/mol. The van der Waals surface area contributed by atoms with E-state index in [2.05, 4.69) is 5.92 Å². The Kier molecular flexibility index (Phi) is 5.75. The molecule has 0 aromatic heterocycles. The predicted molar refractivity (Wildman–Crippen MR) is 111 cm³/mol. The van der Waals surface area contributed by atoms with Crippen LogP contribution in [-0.2, 0) is 9.53 Å². The summed E-state index contributed by atoms with van der Waals surface area (Å²) >= 11 is 6.05. The van der Waals surface area contributed by atoms with E-state index in [1.807, 2.05) is 30.3 Å². The fourth-order valence-corrected chi connectivity index (χ4v) is 3.53. The molecule has 0 radical (unpaired) electrons. The molecule has 0 N–H and O–H groups in total. The molecule has 2 aliphatic rings. The van der Waals surface area contributed by atoms with E-state index >= 15 is 0 Å². The van der Waals surface area contributed by atoms with Crippen molar-refractivity contribution in [3.63, 3.8) is 0 Å². The van der Waals surface area contributed by atoms with Gasteiger partial charge < -0.3 is 19.1 Å². The summed E-state index contributed by atoms with van der Waals surface area (Å²) in [5, 5.41) is 0.606. The van der Waals surface area contributed by atoms with Crippen LogP contribution in [0.2, 0.25) is 5.02 Å². The molecule has 6 heteroatoms. The van der Waals surface area contributed by atoms with Gasteiger partial charge in [-0.25, -0.2) is 0 Å². The van der Waals surface area contributed by atoms with Gasteiger partial charge in [0, 0.05) is 22.7 Å². The van der Waals surface area contributed by atoms with Crippen LogP contribution < -0.4 is 9.47 Å². The van der Waals surface area contributed by atoms with Gasteiger partial charge in [-0.05, 0) is 42.5 Å². The van der Waals surface area contributed by atoms with Crippen molar-refractivity contribution in [2.45, 2.75) is 6.10 Å². The maximum absolute atomic E-state index is 13.0. The summed E-state index contributed by atoms with van der Waals surface area (Å²) in [4.78, 5) is 14.8. The largest absolute Gasteiger partial charge is 0.491 e. The van der Waals surface area contributed by atoms with Gasteiger partial charge in [0.1, 0.15) is 30.8 Å². The number of rotatable bonds is 4. The van der Waals surface area contributed by atoms with Gasteiger partial charge in [-0.15, -0.1) is 6.42 Å². The van der Waals surface area contributed by atoms with Gasteiger partial charge in [-0.1, -0.05) is 23.6 Å². The molecule has 0 spiro atoms. The molecular formula is C23H20ClNO4. The maximum Gasteiger partial charge on any atom is 0.253 e. The van der Waals surface area contributed by atoms with E-state index in [1.54, 1.807) is 23.1 Å². The Morgan fingerprint density at radius 1 is 1.31 bits per heavy atom. The van der Waals surface area contributed by atoms with Crippen LogP contribution in [-0.4, -0.2) is 49.8 Å². The highest BCUT2D eigenvalue weighted by Gasteiger charge is 2.28. The van der Waals surface area contributed by atoms with Crippen LogP contribution in [0.15, 0.2) is 48.0 Å². The summed E-state index contributed by atoms with van der Waals surface area (Å²) < 4.78 is 17.3. The summed E-state index contributed by atoms with van der Waals surface area (Å²) in [5.74, 6) is 3.94. The van der Waals surface area contributed by atoms with Crippen LogP contribution >= 0.6 is 11.6 Å². The van der Waals surface area contributed by atoms with Crippen molar-refractivity contribution >= 4 is 23.6 Å². The topological polar surface area (TPSA) is 48.0 Å². The molecule has 5 nitrogen and oxygen atoms in total. The minimum atomic E-state index is -0.214. The van der Waals surface area contributed by atoms with Gasteiger partial charge in [-0.2, -0.15) is 0 Å². The number of morpholine rings is 1. The lowest BCUT2D eigenvalue weighted by Gasteiger charge is -2.34. The number of terminal acetylenes is 1. The number of halogens is 1. The summed E-state index contributed by atoms with van der Waals surface area (Å²) in [7, 11) is 0. The van der Waals surface area contributed by atoms with Crippen LogP contribution in [0.1, 0.15) is 11.1 Å². The minimum Gasteiger partial charge on any atom is -0.491 e.